The maximum absolute atomic E-state index is 13.5. The molecule has 0 saturated heterocycles. The van der Waals surface area contributed by atoms with Crippen LogP contribution in [0.15, 0.2) is 48.7 Å². The molecule has 2 N–H and O–H groups in total. The molecule has 0 radical (unpaired) electrons. The van der Waals surface area contributed by atoms with Gasteiger partial charge in [0.05, 0.1) is 19.3 Å². The second kappa shape index (κ2) is 14.8. The Bertz CT molecular complexity index is 1570. The number of carbonyl (C=O) groups excluding carboxylic acids is 3. The number of hydrogen-bond acceptors (Lipinski definition) is 9. The fraction of sp³-hybridized carbons (Fsp3) is 0.433. The van der Waals surface area contributed by atoms with Gasteiger partial charge in [-0.05, 0) is 61.6 Å². The zero-order valence-electron chi connectivity index (χ0n) is 24.9. The summed E-state index contributed by atoms with van der Waals surface area (Å²) in [4.78, 5) is 43.0. The second-order valence-corrected chi connectivity index (χ2v) is 11.6. The number of fused-ring (bicyclic) bond motifs is 5. The van der Waals surface area contributed by atoms with Gasteiger partial charge in [-0.2, -0.15) is 26.8 Å². The number of benzene rings is 2. The normalized spacial score (nSPS) is 17.0. The van der Waals surface area contributed by atoms with Crippen LogP contribution in [0.5, 0.6) is 5.75 Å². The Kier molecular flexibility index (Phi) is 10.4. The predicted molar refractivity (Wildman–Crippen MR) is 166 cm³/mol. The standard InChI is InChI=1S/C30H37N9O4S/c1-21-9-10-23-17-24(21)29(41)32-27(11-16-44-2)30(42)31-12-5-13-37(18-22-19-38(36-33-22)14-6-15-43-23)28(40)20-39-34-25-7-3-4-8-26(25)35-39/h3-4,7-10,17,19,27H,5-6,11-16,18,20H2,1-2H3,(H,31,42)(H,32,41)/t27-/m0/s1. The summed E-state index contributed by atoms with van der Waals surface area (Å²) in [5.74, 6) is 0.520. The lowest BCUT2D eigenvalue weighted by Crippen LogP contribution is -2.47. The van der Waals surface area contributed by atoms with Gasteiger partial charge < -0.3 is 20.3 Å². The van der Waals surface area contributed by atoms with Crippen molar-refractivity contribution < 1.29 is 19.1 Å². The van der Waals surface area contributed by atoms with Crippen LogP contribution in [0, 0.1) is 6.92 Å². The van der Waals surface area contributed by atoms with Gasteiger partial charge in [0, 0.05) is 31.6 Å². The van der Waals surface area contributed by atoms with Crippen molar-refractivity contribution in [2.75, 3.05) is 31.7 Å². The van der Waals surface area contributed by atoms with Gasteiger partial charge in [-0.3, -0.25) is 19.1 Å². The van der Waals surface area contributed by atoms with Crippen molar-refractivity contribution in [2.45, 2.75) is 51.9 Å². The van der Waals surface area contributed by atoms with Crippen molar-refractivity contribution >= 4 is 40.5 Å². The average Bonchev–Trinajstić information content (AvgIpc) is 3.65. The first-order valence-corrected chi connectivity index (χ1v) is 16.1. The Morgan fingerprint density at radius 3 is 2.66 bits per heavy atom. The van der Waals surface area contributed by atoms with Gasteiger partial charge in [-0.25, -0.2) is 0 Å². The molecule has 0 aliphatic carbocycles. The summed E-state index contributed by atoms with van der Waals surface area (Å²) in [7, 11) is 0. The van der Waals surface area contributed by atoms with E-state index >= 15 is 0 Å². The van der Waals surface area contributed by atoms with E-state index in [0.717, 1.165) is 5.56 Å². The zero-order valence-corrected chi connectivity index (χ0v) is 25.8. The Balaban J connectivity index is 1.32. The summed E-state index contributed by atoms with van der Waals surface area (Å²) in [6.07, 6.45) is 5.44. The molecule has 44 heavy (non-hydrogen) atoms. The van der Waals surface area contributed by atoms with E-state index in [-0.39, 0.29) is 30.8 Å². The largest absolute Gasteiger partial charge is 0.494 e. The lowest BCUT2D eigenvalue weighted by atomic mass is 10.1. The molecule has 232 valence electrons. The summed E-state index contributed by atoms with van der Waals surface area (Å²) >= 11 is 1.61. The van der Waals surface area contributed by atoms with Crippen LogP contribution in [0.25, 0.3) is 11.0 Å². The number of aromatic nitrogens is 6. The molecule has 1 atom stereocenters. The lowest BCUT2D eigenvalue weighted by molar-refractivity contribution is -0.133. The molecule has 14 heteroatoms. The minimum atomic E-state index is -0.697. The number of carbonyl (C=O) groups is 3. The van der Waals surface area contributed by atoms with Gasteiger partial charge >= 0.3 is 0 Å². The Hall–Kier alpha value is -4.46. The SMILES string of the molecule is CSCC[C@@H]1NC(=O)c2cc(ccc2C)OCCCn2cc(nn2)CN(C(=O)Cn2nc3ccccc3n2)CCCNC1=O. The topological polar surface area (TPSA) is 149 Å². The number of amides is 3. The number of hydrogen-bond donors (Lipinski definition) is 2. The van der Waals surface area contributed by atoms with Crippen LogP contribution >= 0.6 is 11.8 Å². The van der Waals surface area contributed by atoms with Crippen molar-refractivity contribution in [3.63, 3.8) is 0 Å². The Morgan fingerprint density at radius 2 is 1.89 bits per heavy atom. The second-order valence-electron chi connectivity index (χ2n) is 10.6. The monoisotopic (exact) mass is 619 g/mol. The Labute approximate surface area is 259 Å². The average molecular weight is 620 g/mol. The van der Waals surface area contributed by atoms with Crippen molar-refractivity contribution in [3.8, 4) is 5.75 Å². The van der Waals surface area contributed by atoms with E-state index in [1.807, 2.05) is 55.8 Å². The zero-order chi connectivity index (χ0) is 30.9. The maximum atomic E-state index is 13.5. The highest BCUT2D eigenvalue weighted by molar-refractivity contribution is 7.98. The van der Waals surface area contributed by atoms with E-state index in [2.05, 4.69) is 31.1 Å². The van der Waals surface area contributed by atoms with Crippen molar-refractivity contribution in [1.29, 1.82) is 0 Å². The molecule has 0 saturated carbocycles. The van der Waals surface area contributed by atoms with Crippen molar-refractivity contribution in [1.82, 2.24) is 45.5 Å². The van der Waals surface area contributed by atoms with Crippen LogP contribution in [0.1, 0.15) is 40.9 Å². The number of thioether (sulfide) groups is 1. The van der Waals surface area contributed by atoms with E-state index in [4.69, 9.17) is 4.74 Å². The summed E-state index contributed by atoms with van der Waals surface area (Å²) in [5.41, 5.74) is 3.34. The van der Waals surface area contributed by atoms with Gasteiger partial charge in [-0.1, -0.05) is 23.4 Å². The Morgan fingerprint density at radius 1 is 1.09 bits per heavy atom. The van der Waals surface area contributed by atoms with Crippen LogP contribution < -0.4 is 15.4 Å². The molecule has 0 unspecified atom stereocenters. The molecule has 3 amide bonds. The molecule has 2 aromatic heterocycles. The van der Waals surface area contributed by atoms with Gasteiger partial charge in [0.15, 0.2) is 0 Å². The van der Waals surface area contributed by atoms with E-state index in [9.17, 15) is 14.4 Å². The number of rotatable bonds is 5. The van der Waals surface area contributed by atoms with E-state index in [1.54, 1.807) is 27.4 Å². The molecule has 1 aliphatic rings. The highest BCUT2D eigenvalue weighted by Crippen LogP contribution is 2.19. The molecule has 2 aromatic carbocycles. The van der Waals surface area contributed by atoms with Crippen molar-refractivity contribution in [3.05, 3.63) is 65.5 Å². The summed E-state index contributed by atoms with van der Waals surface area (Å²) in [5, 5.41) is 23.2. The van der Waals surface area contributed by atoms with Crippen molar-refractivity contribution in [2.24, 2.45) is 0 Å². The fourth-order valence-corrected chi connectivity index (χ4v) is 5.37. The molecule has 1 aliphatic heterocycles. The molecular weight excluding hydrogens is 582 g/mol. The van der Waals surface area contributed by atoms with Crippen LogP contribution in [0.4, 0.5) is 0 Å². The first-order chi connectivity index (χ1) is 21.4. The van der Waals surface area contributed by atoms with Gasteiger partial charge in [0.1, 0.15) is 35.1 Å². The van der Waals surface area contributed by atoms with Gasteiger partial charge in [0.25, 0.3) is 5.91 Å². The third-order valence-electron chi connectivity index (χ3n) is 7.29. The predicted octanol–water partition coefficient (Wildman–Crippen LogP) is 2.20. The van der Waals surface area contributed by atoms with E-state index in [0.29, 0.717) is 79.3 Å². The van der Waals surface area contributed by atoms with Crippen LogP contribution in [-0.4, -0.2) is 90.4 Å². The van der Waals surface area contributed by atoms with Gasteiger partial charge in [0.2, 0.25) is 11.8 Å². The number of ether oxygens (including phenoxy) is 1. The third-order valence-corrected chi connectivity index (χ3v) is 7.93. The first kappa shape index (κ1) is 31.0. The minimum absolute atomic E-state index is 0.0329. The molecule has 3 heterocycles. The van der Waals surface area contributed by atoms with E-state index < -0.39 is 6.04 Å². The molecule has 0 spiro atoms. The highest BCUT2D eigenvalue weighted by Gasteiger charge is 2.23. The lowest BCUT2D eigenvalue weighted by Gasteiger charge is -2.22. The molecule has 4 bridgehead atoms. The molecule has 5 rings (SSSR count). The van der Waals surface area contributed by atoms with Gasteiger partial charge in [-0.15, -0.1) is 5.10 Å². The minimum Gasteiger partial charge on any atom is -0.494 e. The molecular formula is C30H37N9O4S. The van der Waals surface area contributed by atoms with Crippen LogP contribution in [0.3, 0.4) is 0 Å². The smallest absolute Gasteiger partial charge is 0.252 e. The summed E-state index contributed by atoms with van der Waals surface area (Å²) in [6.45, 7) is 3.76. The molecule has 13 nitrogen and oxygen atoms in total. The van der Waals surface area contributed by atoms with Crippen LogP contribution in [0.2, 0.25) is 0 Å². The summed E-state index contributed by atoms with van der Waals surface area (Å²) < 4.78 is 7.66. The van der Waals surface area contributed by atoms with E-state index in [1.165, 1.54) is 4.80 Å². The first-order valence-electron chi connectivity index (χ1n) is 14.7. The maximum Gasteiger partial charge on any atom is 0.252 e. The number of aryl methyl sites for hydroxylation is 2. The quantitative estimate of drug-likeness (QED) is 0.343. The van der Waals surface area contributed by atoms with Crippen LogP contribution in [-0.2, 0) is 29.2 Å². The third kappa shape index (κ3) is 8.13. The summed E-state index contributed by atoms with van der Waals surface area (Å²) in [6, 6.07) is 12.1. The molecule has 0 fully saturated rings. The fourth-order valence-electron chi connectivity index (χ4n) is 4.90. The highest BCUT2D eigenvalue weighted by atomic mass is 32.2. The molecule has 4 aromatic rings. The number of nitrogens with zero attached hydrogens (tertiary/aromatic N) is 7. The number of nitrogens with one attached hydrogen (secondary N) is 2.